The number of rotatable bonds is 3. The van der Waals surface area contributed by atoms with Crippen LogP contribution in [0.1, 0.15) is 25.7 Å². The van der Waals surface area contributed by atoms with Crippen LogP contribution in [0.2, 0.25) is 0 Å². The lowest BCUT2D eigenvalue weighted by atomic mass is 9.96. The maximum absolute atomic E-state index is 12.2. The van der Waals surface area contributed by atoms with Crippen LogP contribution in [0.5, 0.6) is 0 Å². The van der Waals surface area contributed by atoms with Crippen LogP contribution in [0, 0.1) is 11.3 Å². The molecule has 1 fully saturated rings. The van der Waals surface area contributed by atoms with Gasteiger partial charge < -0.3 is 5.32 Å². The summed E-state index contributed by atoms with van der Waals surface area (Å²) in [5.74, 6) is -0.0389. The Morgan fingerprint density at radius 2 is 2.37 bits per heavy atom. The van der Waals surface area contributed by atoms with Gasteiger partial charge in [0.15, 0.2) is 0 Å². The smallest absolute Gasteiger partial charge is 0.238 e. The zero-order valence-electron chi connectivity index (χ0n) is 10.8. The molecule has 1 aliphatic carbocycles. The molecule has 102 valence electrons. The molecule has 2 aliphatic rings. The Kier molecular flexibility index (Phi) is 4.78. The lowest BCUT2D eigenvalue weighted by Crippen LogP contribution is -2.57. The van der Waals surface area contributed by atoms with Gasteiger partial charge in [-0.05, 0) is 19.3 Å². The number of amides is 1. The van der Waals surface area contributed by atoms with Crippen molar-refractivity contribution < 1.29 is 4.79 Å². The van der Waals surface area contributed by atoms with E-state index in [9.17, 15) is 4.79 Å². The van der Waals surface area contributed by atoms with E-state index in [2.05, 4.69) is 38.3 Å². The molecule has 2 rings (SSSR count). The van der Waals surface area contributed by atoms with Crippen LogP contribution in [0.25, 0.3) is 0 Å². The van der Waals surface area contributed by atoms with Crippen LogP contribution in [-0.2, 0) is 4.79 Å². The average molecular weight is 324 g/mol. The number of carbonyl (C=O) groups excluding carboxylic acids is 1. The van der Waals surface area contributed by atoms with Gasteiger partial charge in [0, 0.05) is 6.54 Å². The molecular weight excluding hydrogens is 306 g/mol. The zero-order chi connectivity index (χ0) is 13.7. The van der Waals surface area contributed by atoms with Gasteiger partial charge in [0.05, 0.1) is 16.6 Å². The number of nitrogens with zero attached hydrogens (tertiary/aromatic N) is 2. The minimum Gasteiger partial charge on any atom is -0.342 e. The third-order valence-electron chi connectivity index (χ3n) is 3.63. The molecule has 0 aromatic heterocycles. The summed E-state index contributed by atoms with van der Waals surface area (Å²) in [5, 5.41) is 11.3. The quantitative estimate of drug-likeness (QED) is 0.491. The molecule has 5 heteroatoms. The highest BCUT2D eigenvalue weighted by molar-refractivity contribution is 9.10. The SMILES string of the molecule is N#CCNC(=O)C1CCCCN1C1(Br)C=CC=CC1. The molecule has 1 saturated heterocycles. The first kappa shape index (κ1) is 14.3. The number of nitrogens with one attached hydrogen (secondary N) is 1. The second kappa shape index (κ2) is 6.36. The van der Waals surface area contributed by atoms with Gasteiger partial charge in [-0.1, -0.05) is 46.7 Å². The predicted octanol–water partition coefficient (Wildman–Crippen LogP) is 2.09. The molecule has 1 amide bonds. The number of hydrogen-bond acceptors (Lipinski definition) is 3. The van der Waals surface area contributed by atoms with E-state index in [1.807, 2.05) is 18.2 Å². The average Bonchev–Trinajstić information content (AvgIpc) is 2.45. The van der Waals surface area contributed by atoms with E-state index >= 15 is 0 Å². The second-order valence-electron chi connectivity index (χ2n) is 4.89. The maximum Gasteiger partial charge on any atom is 0.238 e. The monoisotopic (exact) mass is 323 g/mol. The van der Waals surface area contributed by atoms with Crippen molar-refractivity contribution in [2.24, 2.45) is 0 Å². The highest BCUT2D eigenvalue weighted by atomic mass is 79.9. The van der Waals surface area contributed by atoms with E-state index in [1.165, 1.54) is 0 Å². The van der Waals surface area contributed by atoms with Crippen LogP contribution in [0.4, 0.5) is 0 Å². The van der Waals surface area contributed by atoms with Crippen molar-refractivity contribution in [3.05, 3.63) is 24.3 Å². The summed E-state index contributed by atoms with van der Waals surface area (Å²) in [4.78, 5) is 14.4. The first-order valence-corrected chi connectivity index (χ1v) is 7.41. The Hall–Kier alpha value is -1.12. The molecule has 0 aromatic carbocycles. The second-order valence-corrected chi connectivity index (χ2v) is 6.26. The van der Waals surface area contributed by atoms with Crippen molar-refractivity contribution in [2.45, 2.75) is 36.2 Å². The number of allylic oxidation sites excluding steroid dienone is 2. The first-order chi connectivity index (χ1) is 9.17. The van der Waals surface area contributed by atoms with E-state index in [0.29, 0.717) is 0 Å². The summed E-state index contributed by atoms with van der Waals surface area (Å²) >= 11 is 3.78. The van der Waals surface area contributed by atoms with Gasteiger partial charge in [0.25, 0.3) is 0 Å². The number of nitriles is 1. The van der Waals surface area contributed by atoms with E-state index in [-0.39, 0.29) is 22.9 Å². The van der Waals surface area contributed by atoms with Gasteiger partial charge in [-0.25, -0.2) is 0 Å². The van der Waals surface area contributed by atoms with Gasteiger partial charge in [-0.15, -0.1) is 0 Å². The number of hydrogen-bond donors (Lipinski definition) is 1. The molecule has 1 N–H and O–H groups in total. The van der Waals surface area contributed by atoms with Gasteiger partial charge >= 0.3 is 0 Å². The summed E-state index contributed by atoms with van der Waals surface area (Å²) in [6, 6.07) is 1.80. The highest BCUT2D eigenvalue weighted by Gasteiger charge is 2.40. The zero-order valence-corrected chi connectivity index (χ0v) is 12.4. The third kappa shape index (κ3) is 3.26. The van der Waals surface area contributed by atoms with Crippen LogP contribution in [0.3, 0.4) is 0 Å². The van der Waals surface area contributed by atoms with Gasteiger partial charge in [0.2, 0.25) is 5.91 Å². The fourth-order valence-corrected chi connectivity index (χ4v) is 3.45. The molecule has 4 nitrogen and oxygen atoms in total. The molecule has 1 aliphatic heterocycles. The minimum absolute atomic E-state index is 0.0389. The Labute approximate surface area is 122 Å². The van der Waals surface area contributed by atoms with Crippen molar-refractivity contribution in [3.63, 3.8) is 0 Å². The Bertz CT molecular complexity index is 440. The molecule has 0 bridgehead atoms. The van der Waals surface area contributed by atoms with E-state index in [4.69, 9.17) is 5.26 Å². The van der Waals surface area contributed by atoms with Crippen LogP contribution < -0.4 is 5.32 Å². The van der Waals surface area contributed by atoms with E-state index in [1.54, 1.807) is 0 Å². The fourth-order valence-electron chi connectivity index (χ4n) is 2.69. The standard InChI is InChI=1S/C14H18BrN3O/c15-14(7-3-1-4-8-14)18-11-5-2-6-12(18)13(19)17-10-9-16/h1,3-4,7,12H,2,5-6,8,10-11H2,(H,17,19). The van der Waals surface area contributed by atoms with Crippen molar-refractivity contribution >= 4 is 21.8 Å². The van der Waals surface area contributed by atoms with Gasteiger partial charge in [-0.2, -0.15) is 5.26 Å². The maximum atomic E-state index is 12.2. The molecular formula is C14H18BrN3O. The van der Waals surface area contributed by atoms with E-state index in [0.717, 1.165) is 32.2 Å². The normalized spacial score (nSPS) is 30.8. The van der Waals surface area contributed by atoms with Crippen molar-refractivity contribution in [1.29, 1.82) is 5.26 Å². The number of likely N-dealkylation sites (tertiary alicyclic amines) is 1. The summed E-state index contributed by atoms with van der Waals surface area (Å²) in [5.41, 5.74) is 0. The van der Waals surface area contributed by atoms with Crippen LogP contribution in [0.15, 0.2) is 24.3 Å². The number of halogens is 1. The molecule has 0 radical (unpaired) electrons. The van der Waals surface area contributed by atoms with Crippen LogP contribution in [-0.4, -0.2) is 34.4 Å². The Morgan fingerprint density at radius 1 is 1.53 bits per heavy atom. The summed E-state index contributed by atoms with van der Waals surface area (Å²) in [6.07, 6.45) is 12.1. The Morgan fingerprint density at radius 3 is 3.05 bits per heavy atom. The highest BCUT2D eigenvalue weighted by Crippen LogP contribution is 2.36. The molecule has 0 saturated carbocycles. The third-order valence-corrected chi connectivity index (χ3v) is 4.67. The predicted molar refractivity (Wildman–Crippen MR) is 77.5 cm³/mol. The molecule has 1 heterocycles. The lowest BCUT2D eigenvalue weighted by Gasteiger charge is -2.44. The summed E-state index contributed by atoms with van der Waals surface area (Å²) in [6.45, 7) is 0.974. The number of piperidine rings is 1. The van der Waals surface area contributed by atoms with Crippen molar-refractivity contribution in [3.8, 4) is 6.07 Å². The minimum atomic E-state index is -0.267. The number of carbonyl (C=O) groups is 1. The molecule has 2 atom stereocenters. The molecule has 2 unspecified atom stereocenters. The lowest BCUT2D eigenvalue weighted by molar-refractivity contribution is -0.128. The summed E-state index contributed by atoms with van der Waals surface area (Å²) < 4.78 is -0.267. The van der Waals surface area contributed by atoms with E-state index < -0.39 is 0 Å². The van der Waals surface area contributed by atoms with Crippen LogP contribution >= 0.6 is 15.9 Å². The first-order valence-electron chi connectivity index (χ1n) is 6.62. The van der Waals surface area contributed by atoms with Gasteiger partial charge in [-0.3, -0.25) is 9.69 Å². The topological polar surface area (TPSA) is 56.1 Å². The molecule has 0 aromatic rings. The molecule has 0 spiro atoms. The Balaban J connectivity index is 2.12. The van der Waals surface area contributed by atoms with Crippen molar-refractivity contribution in [2.75, 3.05) is 13.1 Å². The van der Waals surface area contributed by atoms with Gasteiger partial charge in [0.1, 0.15) is 6.54 Å². The van der Waals surface area contributed by atoms with Crippen molar-refractivity contribution in [1.82, 2.24) is 10.2 Å². The number of alkyl halides is 1. The summed E-state index contributed by atoms with van der Waals surface area (Å²) in [7, 11) is 0. The largest absolute Gasteiger partial charge is 0.342 e. The fraction of sp³-hybridized carbons (Fsp3) is 0.571. The molecule has 19 heavy (non-hydrogen) atoms.